The van der Waals surface area contributed by atoms with Crippen LogP contribution in [0.5, 0.6) is 0 Å². The summed E-state index contributed by atoms with van der Waals surface area (Å²) in [5.41, 5.74) is 1.48. The van der Waals surface area contributed by atoms with E-state index in [0.29, 0.717) is 25.2 Å². The number of carbonyl (C=O) groups is 1. The number of sulfone groups is 1. The lowest BCUT2D eigenvalue weighted by Crippen LogP contribution is -2.45. The number of pyridine rings is 1. The average Bonchev–Trinajstić information content (AvgIpc) is 3.22. The van der Waals surface area contributed by atoms with Gasteiger partial charge in [0.2, 0.25) is 5.91 Å². The van der Waals surface area contributed by atoms with Crippen LogP contribution in [-0.2, 0) is 21.1 Å². The fraction of sp³-hybridized carbons (Fsp3) is 0.500. The molecule has 1 amide bonds. The molecule has 1 saturated heterocycles. The third kappa shape index (κ3) is 5.33. The summed E-state index contributed by atoms with van der Waals surface area (Å²) < 4.78 is 23.7. The van der Waals surface area contributed by atoms with Gasteiger partial charge in [-0.1, -0.05) is 6.07 Å². The minimum atomic E-state index is -3.05. The van der Waals surface area contributed by atoms with Gasteiger partial charge in [-0.2, -0.15) is 0 Å². The van der Waals surface area contributed by atoms with E-state index in [0.717, 1.165) is 10.7 Å². The Hall–Kier alpha value is -1.84. The Labute approximate surface area is 164 Å². The molecule has 0 saturated carbocycles. The lowest BCUT2D eigenvalue weighted by Gasteiger charge is -2.29. The number of amides is 1. The Bertz CT molecular complexity index is 881. The van der Waals surface area contributed by atoms with Crippen molar-refractivity contribution < 1.29 is 13.2 Å². The highest BCUT2D eigenvalue weighted by molar-refractivity contribution is 7.91. The standard InChI is InChI=1S/C18H24N4O3S2/c1-21(2)8-9-22(15-6-10-27(24,25)13-15)17(23)11-14-12-26-18(20-14)16-5-3-4-7-19-16/h3-5,7,12,15H,6,8-11,13H2,1-2H3/t15-/m0/s1. The van der Waals surface area contributed by atoms with E-state index in [9.17, 15) is 13.2 Å². The molecule has 0 aromatic carbocycles. The van der Waals surface area contributed by atoms with Crippen molar-refractivity contribution in [1.82, 2.24) is 19.8 Å². The molecule has 1 aliphatic rings. The van der Waals surface area contributed by atoms with Crippen molar-refractivity contribution in [3.05, 3.63) is 35.5 Å². The first-order chi connectivity index (χ1) is 12.8. The normalized spacial score (nSPS) is 18.7. The molecular formula is C18H24N4O3S2. The predicted molar refractivity (Wildman–Crippen MR) is 106 cm³/mol. The van der Waals surface area contributed by atoms with Gasteiger partial charge in [0.05, 0.1) is 29.3 Å². The zero-order chi connectivity index (χ0) is 19.4. The van der Waals surface area contributed by atoms with E-state index >= 15 is 0 Å². The quantitative estimate of drug-likeness (QED) is 0.687. The van der Waals surface area contributed by atoms with Gasteiger partial charge in [0.1, 0.15) is 5.01 Å². The van der Waals surface area contributed by atoms with Crippen LogP contribution in [0.4, 0.5) is 0 Å². The van der Waals surface area contributed by atoms with Gasteiger partial charge in [0.25, 0.3) is 0 Å². The second kappa shape index (κ2) is 8.45. The number of hydrogen-bond donors (Lipinski definition) is 0. The number of likely N-dealkylation sites (N-methyl/N-ethyl adjacent to an activating group) is 1. The van der Waals surface area contributed by atoms with Crippen LogP contribution >= 0.6 is 11.3 Å². The summed E-state index contributed by atoms with van der Waals surface area (Å²) >= 11 is 1.46. The molecule has 146 valence electrons. The molecule has 3 heterocycles. The van der Waals surface area contributed by atoms with Gasteiger partial charge in [0, 0.05) is 30.7 Å². The first-order valence-corrected chi connectivity index (χ1v) is 11.5. The Balaban J connectivity index is 1.71. The number of nitrogens with zero attached hydrogens (tertiary/aromatic N) is 4. The molecule has 9 heteroatoms. The van der Waals surface area contributed by atoms with Gasteiger partial charge in [-0.15, -0.1) is 11.3 Å². The van der Waals surface area contributed by atoms with E-state index in [-0.39, 0.29) is 29.9 Å². The van der Waals surface area contributed by atoms with Crippen molar-refractivity contribution in [2.24, 2.45) is 0 Å². The lowest BCUT2D eigenvalue weighted by molar-refractivity contribution is -0.132. The maximum atomic E-state index is 12.9. The first kappa shape index (κ1) is 19.9. The Kier molecular flexibility index (Phi) is 6.23. The van der Waals surface area contributed by atoms with Crippen LogP contribution in [0.3, 0.4) is 0 Å². The third-order valence-corrected chi connectivity index (χ3v) is 7.19. The highest BCUT2D eigenvalue weighted by Crippen LogP contribution is 2.23. The SMILES string of the molecule is CN(C)CCN(C(=O)Cc1csc(-c2ccccn2)n1)[C@H]1CCS(=O)(=O)C1. The zero-order valence-electron chi connectivity index (χ0n) is 15.5. The van der Waals surface area contributed by atoms with Crippen LogP contribution in [0.2, 0.25) is 0 Å². The summed E-state index contributed by atoms with van der Waals surface area (Å²) in [6.45, 7) is 1.21. The van der Waals surface area contributed by atoms with Crippen molar-refractivity contribution in [2.75, 3.05) is 38.7 Å². The van der Waals surface area contributed by atoms with E-state index in [1.807, 2.05) is 42.6 Å². The number of rotatable bonds is 7. The van der Waals surface area contributed by atoms with Crippen LogP contribution in [-0.4, -0.2) is 78.8 Å². The monoisotopic (exact) mass is 408 g/mol. The smallest absolute Gasteiger partial charge is 0.228 e. The topological polar surface area (TPSA) is 83.5 Å². The molecule has 7 nitrogen and oxygen atoms in total. The van der Waals surface area contributed by atoms with Crippen LogP contribution < -0.4 is 0 Å². The van der Waals surface area contributed by atoms with Gasteiger partial charge < -0.3 is 9.80 Å². The zero-order valence-corrected chi connectivity index (χ0v) is 17.2. The maximum absolute atomic E-state index is 12.9. The Morgan fingerprint density at radius 1 is 1.30 bits per heavy atom. The van der Waals surface area contributed by atoms with E-state index < -0.39 is 9.84 Å². The summed E-state index contributed by atoms with van der Waals surface area (Å²) in [6.07, 6.45) is 2.40. The molecule has 1 fully saturated rings. The second-order valence-electron chi connectivity index (χ2n) is 6.98. The van der Waals surface area contributed by atoms with Crippen LogP contribution in [0.25, 0.3) is 10.7 Å². The first-order valence-electron chi connectivity index (χ1n) is 8.84. The van der Waals surface area contributed by atoms with Gasteiger partial charge in [0.15, 0.2) is 9.84 Å². The Morgan fingerprint density at radius 3 is 2.74 bits per heavy atom. The fourth-order valence-electron chi connectivity index (χ4n) is 3.09. The molecule has 0 aliphatic carbocycles. The van der Waals surface area contributed by atoms with Gasteiger partial charge in [-0.25, -0.2) is 13.4 Å². The summed E-state index contributed by atoms with van der Waals surface area (Å²) in [6, 6.07) is 5.39. The molecule has 0 unspecified atom stereocenters. The summed E-state index contributed by atoms with van der Waals surface area (Å²) in [5, 5.41) is 2.65. The summed E-state index contributed by atoms with van der Waals surface area (Å²) in [7, 11) is 0.830. The number of aromatic nitrogens is 2. The summed E-state index contributed by atoms with van der Waals surface area (Å²) in [5.74, 6) is 0.142. The number of hydrogen-bond acceptors (Lipinski definition) is 7. The Morgan fingerprint density at radius 2 is 2.11 bits per heavy atom. The van der Waals surface area contributed by atoms with Crippen LogP contribution in [0.1, 0.15) is 12.1 Å². The lowest BCUT2D eigenvalue weighted by atomic mass is 10.2. The average molecular weight is 409 g/mol. The molecule has 1 aliphatic heterocycles. The third-order valence-electron chi connectivity index (χ3n) is 4.53. The molecule has 3 rings (SSSR count). The largest absolute Gasteiger partial charge is 0.337 e. The van der Waals surface area contributed by atoms with Crippen molar-refractivity contribution >= 4 is 27.1 Å². The molecule has 0 spiro atoms. The van der Waals surface area contributed by atoms with Crippen molar-refractivity contribution in [2.45, 2.75) is 18.9 Å². The number of carbonyl (C=O) groups excluding carboxylic acids is 1. The van der Waals surface area contributed by atoms with Crippen molar-refractivity contribution in [3.63, 3.8) is 0 Å². The molecule has 2 aromatic rings. The maximum Gasteiger partial charge on any atom is 0.228 e. The van der Waals surface area contributed by atoms with Crippen molar-refractivity contribution in [1.29, 1.82) is 0 Å². The van der Waals surface area contributed by atoms with E-state index in [1.165, 1.54) is 11.3 Å². The summed E-state index contributed by atoms with van der Waals surface area (Å²) in [4.78, 5) is 25.5. The van der Waals surface area contributed by atoms with Crippen LogP contribution in [0.15, 0.2) is 29.8 Å². The highest BCUT2D eigenvalue weighted by Gasteiger charge is 2.34. The highest BCUT2D eigenvalue weighted by atomic mass is 32.2. The molecule has 2 aromatic heterocycles. The van der Waals surface area contributed by atoms with Gasteiger partial charge in [-0.3, -0.25) is 9.78 Å². The van der Waals surface area contributed by atoms with Crippen molar-refractivity contribution in [3.8, 4) is 10.7 Å². The molecule has 0 N–H and O–H groups in total. The van der Waals surface area contributed by atoms with Gasteiger partial charge >= 0.3 is 0 Å². The molecule has 27 heavy (non-hydrogen) atoms. The molecule has 0 bridgehead atoms. The molecule has 1 atom stereocenters. The minimum Gasteiger partial charge on any atom is -0.337 e. The second-order valence-corrected chi connectivity index (χ2v) is 10.1. The fourth-order valence-corrected chi connectivity index (χ4v) is 5.62. The van der Waals surface area contributed by atoms with Crippen LogP contribution in [0, 0.1) is 0 Å². The predicted octanol–water partition coefficient (Wildman–Crippen LogP) is 1.32. The van der Waals surface area contributed by atoms with E-state index in [4.69, 9.17) is 0 Å². The molecular weight excluding hydrogens is 384 g/mol. The van der Waals surface area contributed by atoms with Gasteiger partial charge in [-0.05, 0) is 32.6 Å². The van der Waals surface area contributed by atoms with E-state index in [2.05, 4.69) is 9.97 Å². The minimum absolute atomic E-state index is 0.0580. The number of thiazole rings is 1. The van der Waals surface area contributed by atoms with E-state index in [1.54, 1.807) is 11.1 Å². The molecule has 0 radical (unpaired) electrons.